The molecule has 0 radical (unpaired) electrons. The number of carbonyl (C=O) groups excluding carboxylic acids is 1. The van der Waals surface area contributed by atoms with Crippen molar-refractivity contribution in [2.45, 2.75) is 31.7 Å². The van der Waals surface area contributed by atoms with Gasteiger partial charge in [-0.05, 0) is 60.6 Å². The molecule has 2 heterocycles. The van der Waals surface area contributed by atoms with E-state index in [1.807, 2.05) is 12.1 Å². The number of amides is 1. The van der Waals surface area contributed by atoms with E-state index in [1.54, 1.807) is 6.07 Å². The fourth-order valence-corrected chi connectivity index (χ4v) is 3.94. The Labute approximate surface area is 159 Å². The van der Waals surface area contributed by atoms with Crippen LogP contribution in [0.25, 0.3) is 16.5 Å². The number of carbonyl (C=O) groups is 1. The molecule has 0 saturated heterocycles. The first-order valence-corrected chi connectivity index (χ1v) is 9.58. The monoisotopic (exact) mass is 359 g/mol. The van der Waals surface area contributed by atoms with Crippen molar-refractivity contribution < 1.29 is 4.79 Å². The van der Waals surface area contributed by atoms with Gasteiger partial charge in [-0.25, -0.2) is 0 Å². The highest BCUT2D eigenvalue weighted by molar-refractivity contribution is 5.97. The van der Waals surface area contributed by atoms with Crippen LogP contribution in [0.1, 0.15) is 40.7 Å². The molecule has 138 valence electrons. The molecule has 1 aliphatic rings. The Morgan fingerprint density at radius 3 is 2.81 bits per heavy atom. The molecule has 4 nitrogen and oxygen atoms in total. The first-order chi connectivity index (χ1) is 13.2. The van der Waals surface area contributed by atoms with Gasteiger partial charge in [0.1, 0.15) is 0 Å². The molecule has 0 fully saturated rings. The molecule has 1 aliphatic heterocycles. The number of aromatic nitrogens is 1. The number of nitrogens with one attached hydrogen (secondary N) is 2. The topological polar surface area (TPSA) is 70.9 Å². The number of rotatable bonds is 6. The van der Waals surface area contributed by atoms with Crippen LogP contribution in [-0.4, -0.2) is 23.5 Å². The Morgan fingerprint density at radius 1 is 1.15 bits per heavy atom. The van der Waals surface area contributed by atoms with Gasteiger partial charge in [-0.1, -0.05) is 36.4 Å². The molecule has 4 N–H and O–H groups in total. The summed E-state index contributed by atoms with van der Waals surface area (Å²) in [5, 5.41) is 4.72. The molecule has 4 heteroatoms. The lowest BCUT2D eigenvalue weighted by molar-refractivity contribution is 0.100. The summed E-state index contributed by atoms with van der Waals surface area (Å²) in [4.78, 5) is 14.7. The highest BCUT2D eigenvalue weighted by Gasteiger charge is 2.16. The molecule has 0 saturated carbocycles. The first-order valence-electron chi connectivity index (χ1n) is 9.58. The normalized spacial score (nSPS) is 17.0. The summed E-state index contributed by atoms with van der Waals surface area (Å²) in [5.41, 5.74) is 11.1. The minimum Gasteiger partial charge on any atom is -0.366 e. The van der Waals surface area contributed by atoms with Crippen LogP contribution in [0.5, 0.6) is 0 Å². The number of nitrogens with two attached hydrogens (primary N) is 1. The van der Waals surface area contributed by atoms with Gasteiger partial charge >= 0.3 is 0 Å². The van der Waals surface area contributed by atoms with Gasteiger partial charge in [0.05, 0.1) is 0 Å². The summed E-state index contributed by atoms with van der Waals surface area (Å²) < 4.78 is 0. The number of benzene rings is 2. The fraction of sp³-hybridized carbons (Fsp3) is 0.261. The molecule has 2 aromatic carbocycles. The third-order valence-corrected chi connectivity index (χ3v) is 5.42. The summed E-state index contributed by atoms with van der Waals surface area (Å²) in [6.45, 7) is 0.934. The van der Waals surface area contributed by atoms with Crippen LogP contribution in [-0.2, 0) is 6.42 Å². The van der Waals surface area contributed by atoms with Crippen molar-refractivity contribution in [3.8, 4) is 0 Å². The lowest BCUT2D eigenvalue weighted by atomic mass is 9.92. The number of primary amides is 1. The predicted molar refractivity (Wildman–Crippen MR) is 111 cm³/mol. The third kappa shape index (κ3) is 3.96. The van der Waals surface area contributed by atoms with Crippen LogP contribution in [0, 0.1) is 0 Å². The second kappa shape index (κ2) is 7.80. The Balaban J connectivity index is 1.37. The maximum atomic E-state index is 11.4. The molecule has 1 unspecified atom stereocenters. The zero-order valence-electron chi connectivity index (χ0n) is 15.4. The summed E-state index contributed by atoms with van der Waals surface area (Å²) in [6, 6.07) is 16.8. The summed E-state index contributed by atoms with van der Waals surface area (Å²) in [5.74, 6) is -0.379. The molecule has 0 aliphatic carbocycles. The number of fused-ring (bicyclic) bond motifs is 1. The molecule has 3 aromatic rings. The lowest BCUT2D eigenvalue weighted by Gasteiger charge is -2.24. The number of hydrogen-bond donors (Lipinski definition) is 3. The van der Waals surface area contributed by atoms with Gasteiger partial charge in [-0.2, -0.15) is 0 Å². The lowest BCUT2D eigenvalue weighted by Crippen LogP contribution is -2.32. The van der Waals surface area contributed by atoms with Gasteiger partial charge in [-0.15, -0.1) is 0 Å². The van der Waals surface area contributed by atoms with Crippen LogP contribution in [0.2, 0.25) is 0 Å². The van der Waals surface area contributed by atoms with Crippen LogP contribution in [0.4, 0.5) is 0 Å². The number of H-pyrrole nitrogens is 1. The Kier molecular flexibility index (Phi) is 5.07. The molecule has 1 atom stereocenters. The quantitative estimate of drug-likeness (QED) is 0.622. The maximum absolute atomic E-state index is 11.4. The van der Waals surface area contributed by atoms with Crippen LogP contribution < -0.4 is 11.1 Å². The van der Waals surface area contributed by atoms with E-state index >= 15 is 0 Å². The van der Waals surface area contributed by atoms with Crippen molar-refractivity contribution in [3.05, 3.63) is 77.5 Å². The molecule has 1 aromatic heterocycles. The van der Waals surface area contributed by atoms with Gasteiger partial charge in [0, 0.05) is 35.2 Å². The smallest absolute Gasteiger partial charge is 0.248 e. The van der Waals surface area contributed by atoms with E-state index in [2.05, 4.69) is 52.9 Å². The standard InChI is InChI=1S/C23H25N3O/c24-23(27)18-9-10-22-21(14-18)19(15-26-22)7-4-8-20-13-17(11-12-25-20)16-5-2-1-3-6-16/h1-3,5-6,9-11,14-15,20,25-26H,4,7-8,12-13H2,(H2,24,27). The van der Waals surface area contributed by atoms with E-state index in [4.69, 9.17) is 5.73 Å². The summed E-state index contributed by atoms with van der Waals surface area (Å²) in [7, 11) is 0. The summed E-state index contributed by atoms with van der Waals surface area (Å²) in [6.07, 6.45) is 8.66. The average molecular weight is 359 g/mol. The van der Waals surface area contributed by atoms with Gasteiger partial charge in [0.25, 0.3) is 0 Å². The van der Waals surface area contributed by atoms with Crippen molar-refractivity contribution in [1.29, 1.82) is 0 Å². The molecular weight excluding hydrogens is 334 g/mol. The van der Waals surface area contributed by atoms with Gasteiger partial charge in [-0.3, -0.25) is 4.79 Å². The first kappa shape index (κ1) is 17.6. The van der Waals surface area contributed by atoms with Gasteiger partial charge in [0.15, 0.2) is 0 Å². The zero-order chi connectivity index (χ0) is 18.6. The van der Waals surface area contributed by atoms with E-state index < -0.39 is 0 Å². The Bertz CT molecular complexity index is 972. The van der Waals surface area contributed by atoms with Crippen LogP contribution in [0.15, 0.2) is 60.8 Å². The van der Waals surface area contributed by atoms with E-state index in [0.29, 0.717) is 11.6 Å². The van der Waals surface area contributed by atoms with E-state index in [9.17, 15) is 4.79 Å². The van der Waals surface area contributed by atoms with Crippen LogP contribution in [0.3, 0.4) is 0 Å². The second-order valence-corrected chi connectivity index (χ2v) is 7.24. The number of aryl methyl sites for hydroxylation is 1. The largest absolute Gasteiger partial charge is 0.366 e. The second-order valence-electron chi connectivity index (χ2n) is 7.24. The number of hydrogen-bond acceptors (Lipinski definition) is 2. The maximum Gasteiger partial charge on any atom is 0.248 e. The van der Waals surface area contributed by atoms with Gasteiger partial charge < -0.3 is 16.0 Å². The molecular formula is C23H25N3O. The highest BCUT2D eigenvalue weighted by Crippen LogP contribution is 2.26. The Morgan fingerprint density at radius 2 is 2.00 bits per heavy atom. The average Bonchev–Trinajstić information content (AvgIpc) is 3.11. The van der Waals surface area contributed by atoms with E-state index in [-0.39, 0.29) is 5.91 Å². The van der Waals surface area contributed by atoms with Crippen molar-refractivity contribution in [2.75, 3.05) is 6.54 Å². The van der Waals surface area contributed by atoms with E-state index in [1.165, 1.54) is 16.7 Å². The molecule has 4 rings (SSSR count). The molecule has 0 bridgehead atoms. The molecule has 0 spiro atoms. The minimum absolute atomic E-state index is 0.379. The van der Waals surface area contributed by atoms with Crippen molar-refractivity contribution in [3.63, 3.8) is 0 Å². The van der Waals surface area contributed by atoms with Crippen molar-refractivity contribution in [2.24, 2.45) is 5.73 Å². The van der Waals surface area contributed by atoms with Crippen molar-refractivity contribution in [1.82, 2.24) is 10.3 Å². The SMILES string of the molecule is NC(=O)c1ccc2[nH]cc(CCCC3CC(c4ccccc4)=CCN3)c2c1. The highest BCUT2D eigenvalue weighted by atomic mass is 16.1. The predicted octanol–water partition coefficient (Wildman–Crippen LogP) is 4.04. The van der Waals surface area contributed by atoms with Crippen molar-refractivity contribution >= 4 is 22.4 Å². The van der Waals surface area contributed by atoms with E-state index in [0.717, 1.165) is 43.1 Å². The summed E-state index contributed by atoms with van der Waals surface area (Å²) >= 11 is 0. The van der Waals surface area contributed by atoms with Gasteiger partial charge in [0.2, 0.25) is 5.91 Å². The molecule has 27 heavy (non-hydrogen) atoms. The third-order valence-electron chi connectivity index (χ3n) is 5.42. The molecule has 1 amide bonds. The zero-order valence-corrected chi connectivity index (χ0v) is 15.4. The number of aromatic amines is 1. The fourth-order valence-electron chi connectivity index (χ4n) is 3.94. The minimum atomic E-state index is -0.379. The van der Waals surface area contributed by atoms with Crippen LogP contribution >= 0.6 is 0 Å². The Hall–Kier alpha value is -2.85.